The average Bonchev–Trinajstić information content (AvgIpc) is 2.21. The molecule has 0 aromatic rings. The summed E-state index contributed by atoms with van der Waals surface area (Å²) < 4.78 is 67.1. The number of nitrogens with one attached hydrogen (secondary N) is 1. The van der Waals surface area contributed by atoms with E-state index in [-0.39, 0.29) is 103 Å². The highest BCUT2D eigenvalue weighted by Gasteiger charge is 2.46. The predicted octanol–water partition coefficient (Wildman–Crippen LogP) is -3.92. The van der Waals surface area contributed by atoms with E-state index in [1.807, 2.05) is 6.92 Å². The van der Waals surface area contributed by atoms with Crippen molar-refractivity contribution in [2.24, 2.45) is 38.8 Å². The Morgan fingerprint density at radius 3 is 1.38 bits per heavy atom. The van der Waals surface area contributed by atoms with E-state index < -0.39 is 134 Å². The number of carboxylic acids is 2. The van der Waals surface area contributed by atoms with Crippen molar-refractivity contribution in [2.45, 2.75) is 114 Å². The summed E-state index contributed by atoms with van der Waals surface area (Å²) in [7, 11) is 0. The average molecular weight is 1230 g/mol. The summed E-state index contributed by atoms with van der Waals surface area (Å²) in [4.78, 5) is 84.8. The summed E-state index contributed by atoms with van der Waals surface area (Å²) >= 11 is 0. The molecule has 0 saturated heterocycles. The molecule has 0 aromatic heterocycles. The number of carboxylic acid groups (broad SMARTS) is 2. The van der Waals surface area contributed by atoms with E-state index in [4.69, 9.17) is 79.8 Å². The molecule has 2 heterocycles. The molecule has 2 amide bonds. The Hall–Kier alpha value is -5.72. The summed E-state index contributed by atoms with van der Waals surface area (Å²) in [5.41, 5.74) is 22.2. The van der Waals surface area contributed by atoms with Crippen molar-refractivity contribution in [3.05, 3.63) is 23.7 Å². The molecule has 2 aliphatic rings. The summed E-state index contributed by atoms with van der Waals surface area (Å²) in [6.45, 7) is 7.30. The van der Waals surface area contributed by atoms with Gasteiger partial charge in [0.1, 0.15) is 43.7 Å². The zero-order valence-corrected chi connectivity index (χ0v) is 48.9. The van der Waals surface area contributed by atoms with Crippen LogP contribution in [0.3, 0.4) is 0 Å². The van der Waals surface area contributed by atoms with Crippen LogP contribution >= 0.6 is 0 Å². The number of guanidine groups is 2. The molecule has 2 rings (SSSR count). The molecule has 2 aliphatic heterocycles. The lowest BCUT2D eigenvalue weighted by Gasteiger charge is -2.40. The van der Waals surface area contributed by atoms with Gasteiger partial charge in [-0.15, -0.1) is 0 Å². The Bertz CT molecular complexity index is 2080. The van der Waals surface area contributed by atoms with Crippen LogP contribution in [-0.4, -0.2) is 283 Å². The quantitative estimate of drug-likeness (QED) is 0.0157. The lowest BCUT2D eigenvalue weighted by atomic mass is 9.87. The van der Waals surface area contributed by atoms with Gasteiger partial charge in [-0.1, -0.05) is 13.8 Å². The monoisotopic (exact) mass is 1220 g/mol. The number of ether oxygens (including phenoxy) is 12. The van der Waals surface area contributed by atoms with Crippen LogP contribution in [0.2, 0.25) is 0 Å². The number of nitrogens with zero attached hydrogens (tertiary/aromatic N) is 3. The van der Waals surface area contributed by atoms with Gasteiger partial charge in [-0.25, -0.2) is 19.6 Å². The zero-order chi connectivity index (χ0) is 62.9. The molecule has 0 unspecified atom stereocenters. The van der Waals surface area contributed by atoms with Gasteiger partial charge in [0.25, 0.3) is 0 Å². The minimum atomic E-state index is -1.71. The maximum Gasteiger partial charge on any atom is 0.370 e. The van der Waals surface area contributed by atoms with Crippen molar-refractivity contribution in [2.75, 3.05) is 145 Å². The third-order valence-electron chi connectivity index (χ3n) is 12.5. The summed E-state index contributed by atoms with van der Waals surface area (Å²) in [5, 5.41) is 62.9. The van der Waals surface area contributed by atoms with Crippen molar-refractivity contribution in [3.8, 4) is 0 Å². The smallest absolute Gasteiger partial charge is 0.370 e. The SMILES string of the molecule is CCCOCCOCCOCCOCCOCCOCCC(=O)N(CCOCCCC(=O)CO[C@@H]([C@@H]1OC(C(=O)O)=C[C@H](N=C(N)N)[C@H]1C)[C@H](O)CO)CCOCCCC(=O)CO[C@@H]([C@@H]1OC(C(=O)O)=C[C@H](N=C(N)N)[C@H]1NC(C)=O)[C@H](O)CO. The second-order valence-electron chi connectivity index (χ2n) is 19.4. The Labute approximate surface area is 494 Å². The molecule has 85 heavy (non-hydrogen) atoms. The molecule has 32 heteroatoms. The number of nitrogens with two attached hydrogens (primary N) is 4. The summed E-state index contributed by atoms with van der Waals surface area (Å²) in [6, 6.07) is -3.27. The number of hydrogen-bond acceptors (Lipinski definition) is 24. The third kappa shape index (κ3) is 32.0. The second-order valence-corrected chi connectivity index (χ2v) is 19.4. The maximum atomic E-state index is 13.4. The molecule has 0 bridgehead atoms. The van der Waals surface area contributed by atoms with Crippen molar-refractivity contribution >= 4 is 47.2 Å². The summed E-state index contributed by atoms with van der Waals surface area (Å²) in [5.74, 6) is -7.25. The largest absolute Gasteiger partial charge is 0.480 e. The van der Waals surface area contributed by atoms with Gasteiger partial charge in [0, 0.05) is 58.6 Å². The van der Waals surface area contributed by atoms with Crippen LogP contribution in [0.5, 0.6) is 0 Å². The molecule has 32 nitrogen and oxygen atoms in total. The van der Waals surface area contributed by atoms with Crippen molar-refractivity contribution in [1.82, 2.24) is 10.2 Å². The first-order valence-electron chi connectivity index (χ1n) is 28.2. The number of Topliss-reactive ketones (excluding diaryl/α,β-unsaturated/α-hetero) is 2. The molecule has 15 N–H and O–H groups in total. The van der Waals surface area contributed by atoms with Gasteiger partial charge < -0.3 is 121 Å². The second kappa shape index (κ2) is 44.7. The third-order valence-corrected chi connectivity index (χ3v) is 12.5. The van der Waals surface area contributed by atoms with Crippen molar-refractivity contribution in [3.63, 3.8) is 0 Å². The normalized spacial score (nSPS) is 19.8. The number of carbonyl (C=O) groups is 6. The van der Waals surface area contributed by atoms with Gasteiger partial charge in [-0.3, -0.25) is 19.2 Å². The zero-order valence-electron chi connectivity index (χ0n) is 48.9. The van der Waals surface area contributed by atoms with Crippen LogP contribution in [0, 0.1) is 5.92 Å². The first kappa shape index (κ1) is 75.4. The molecule has 0 aromatic carbocycles. The predicted molar refractivity (Wildman–Crippen MR) is 299 cm³/mol. The number of aliphatic hydroxyl groups excluding tert-OH is 4. The number of aliphatic imine (C=N–C) groups is 2. The lowest BCUT2D eigenvalue weighted by molar-refractivity contribution is -0.159. The molecule has 0 saturated carbocycles. The summed E-state index contributed by atoms with van der Waals surface area (Å²) in [6.07, 6.45) is -5.28. The molecular weight excluding hydrogens is 1130 g/mol. The van der Waals surface area contributed by atoms with Gasteiger partial charge in [0.05, 0.1) is 124 Å². The Morgan fingerprint density at radius 2 is 0.965 bits per heavy atom. The fourth-order valence-corrected chi connectivity index (χ4v) is 8.31. The van der Waals surface area contributed by atoms with E-state index in [1.54, 1.807) is 6.92 Å². The topological polar surface area (TPSA) is 479 Å². The minimum absolute atomic E-state index is 0.00950. The molecule has 10 atom stereocenters. The maximum absolute atomic E-state index is 13.4. The molecule has 0 fully saturated rings. The van der Waals surface area contributed by atoms with Crippen LogP contribution in [0.1, 0.15) is 59.3 Å². The number of aliphatic carboxylic acids is 2. The Balaban J connectivity index is 1.91. The van der Waals surface area contributed by atoms with E-state index >= 15 is 0 Å². The van der Waals surface area contributed by atoms with Crippen molar-refractivity contribution in [1.29, 1.82) is 0 Å². The fourth-order valence-electron chi connectivity index (χ4n) is 8.31. The van der Waals surface area contributed by atoms with Gasteiger partial charge >= 0.3 is 11.9 Å². The Morgan fingerprint density at radius 1 is 0.576 bits per heavy atom. The van der Waals surface area contributed by atoms with E-state index in [1.165, 1.54) is 17.9 Å². The molecule has 488 valence electrons. The number of rotatable bonds is 51. The Kier molecular flexibility index (Phi) is 39.6. The highest BCUT2D eigenvalue weighted by Crippen LogP contribution is 2.31. The van der Waals surface area contributed by atoms with E-state index in [0.717, 1.165) is 12.5 Å². The van der Waals surface area contributed by atoms with Crippen LogP contribution in [0.25, 0.3) is 0 Å². The van der Waals surface area contributed by atoms with Gasteiger partial charge in [0.2, 0.25) is 23.3 Å². The van der Waals surface area contributed by atoms with Gasteiger partial charge in [-0.2, -0.15) is 0 Å². The first-order chi connectivity index (χ1) is 40.7. The number of hydrogen-bond donors (Lipinski definition) is 11. The lowest BCUT2D eigenvalue weighted by Crippen LogP contribution is -2.60. The van der Waals surface area contributed by atoms with E-state index in [9.17, 15) is 59.4 Å². The van der Waals surface area contributed by atoms with Gasteiger partial charge in [0.15, 0.2) is 29.6 Å². The molecule has 0 radical (unpaired) electrons. The highest BCUT2D eigenvalue weighted by molar-refractivity contribution is 5.86. The fraction of sp³-hybridized carbons (Fsp3) is 0.774. The number of amides is 2. The van der Waals surface area contributed by atoms with E-state index in [2.05, 4.69) is 15.3 Å². The first-order valence-corrected chi connectivity index (χ1v) is 28.2. The highest BCUT2D eigenvalue weighted by atomic mass is 16.6. The van der Waals surface area contributed by atoms with Crippen LogP contribution in [0.4, 0.5) is 0 Å². The number of carbonyl (C=O) groups excluding carboxylic acids is 4. The van der Waals surface area contributed by atoms with Crippen LogP contribution < -0.4 is 28.3 Å². The molecule has 0 spiro atoms. The van der Waals surface area contributed by atoms with E-state index in [0.29, 0.717) is 59.5 Å². The van der Waals surface area contributed by atoms with Crippen molar-refractivity contribution < 1.29 is 116 Å². The van der Waals surface area contributed by atoms with Crippen LogP contribution in [0.15, 0.2) is 33.7 Å². The minimum Gasteiger partial charge on any atom is -0.480 e. The number of aliphatic hydroxyl groups is 4. The molecular formula is C53H92N8O24. The van der Waals surface area contributed by atoms with Gasteiger partial charge in [-0.05, 0) is 31.4 Å². The number of ketones is 2. The molecule has 0 aliphatic carbocycles. The standard InChI is InChI=1S/C53H92N8O24/c1-4-12-74-18-20-78-22-24-80-26-27-81-25-23-79-21-19-77-15-9-44(69)61(10-16-75-13-5-7-36(65)32-82-47(40(67)30-62)46-34(2)38(59-52(54)55)28-42(84-46)50(70)71)11-17-76-14-6-8-37(66)33-83-48(41(68)31-63)49-45(58-35(3)64)39(60-53(56)57)29-43(85-49)51(72)73/h28-29,34,38-41,45-49,62-63,67-68H,4-27,30-33H2,1-3H3,(H,58,64)(H,70,71)(H,72,73)(H4,54,55,59)(H4,56,57,60)/t34-,38+,39+,40-,41-,45-,46-,47-,48-,49-/m1/s1. The van der Waals surface area contributed by atoms with Crippen LogP contribution in [-0.2, 0) is 85.6 Å².